The molecule has 0 aromatic carbocycles. The normalized spacial score (nSPS) is 27.9. The van der Waals surface area contributed by atoms with Gasteiger partial charge in [-0.05, 0) is 51.1 Å². The van der Waals surface area contributed by atoms with Gasteiger partial charge in [0.15, 0.2) is 0 Å². The quantitative estimate of drug-likeness (QED) is 0.740. The summed E-state index contributed by atoms with van der Waals surface area (Å²) in [5.41, 5.74) is 0. The van der Waals surface area contributed by atoms with Crippen molar-refractivity contribution in [3.63, 3.8) is 0 Å². The van der Waals surface area contributed by atoms with E-state index in [-0.39, 0.29) is 5.91 Å². The Morgan fingerprint density at radius 1 is 1.13 bits per heavy atom. The Morgan fingerprint density at radius 2 is 2.00 bits per heavy atom. The van der Waals surface area contributed by atoms with Crippen molar-refractivity contribution >= 4 is 5.91 Å². The van der Waals surface area contributed by atoms with Crippen LogP contribution >= 0.6 is 0 Å². The van der Waals surface area contributed by atoms with Crippen LogP contribution in [0.25, 0.3) is 0 Å². The first kappa shape index (κ1) is 10.9. The topological polar surface area (TPSA) is 41.1 Å². The van der Waals surface area contributed by atoms with Gasteiger partial charge in [0.05, 0.1) is 0 Å². The summed E-state index contributed by atoms with van der Waals surface area (Å²) in [7, 11) is 0. The second kappa shape index (κ2) is 5.50. The molecule has 3 heteroatoms. The van der Waals surface area contributed by atoms with Gasteiger partial charge in [-0.3, -0.25) is 4.79 Å². The number of rotatable bonds is 3. The molecule has 1 aliphatic carbocycles. The predicted octanol–water partition coefficient (Wildman–Crippen LogP) is 1.43. The summed E-state index contributed by atoms with van der Waals surface area (Å²) in [6.45, 7) is 2.16. The maximum Gasteiger partial charge on any atom is 0.220 e. The lowest BCUT2D eigenvalue weighted by Crippen LogP contribution is -2.37. The van der Waals surface area contributed by atoms with Gasteiger partial charge in [-0.1, -0.05) is 6.42 Å². The predicted molar refractivity (Wildman–Crippen MR) is 60.6 cm³/mol. The molecule has 1 saturated carbocycles. The van der Waals surface area contributed by atoms with Gasteiger partial charge in [0.25, 0.3) is 0 Å². The highest BCUT2D eigenvalue weighted by Crippen LogP contribution is 2.29. The van der Waals surface area contributed by atoms with E-state index in [4.69, 9.17) is 0 Å². The Morgan fingerprint density at radius 3 is 2.73 bits per heavy atom. The van der Waals surface area contributed by atoms with Crippen molar-refractivity contribution in [2.45, 2.75) is 51.0 Å². The highest BCUT2D eigenvalue weighted by Gasteiger charge is 2.22. The maximum absolute atomic E-state index is 11.7. The van der Waals surface area contributed by atoms with Crippen LogP contribution in [0, 0.1) is 5.92 Å². The van der Waals surface area contributed by atoms with E-state index in [9.17, 15) is 4.79 Å². The minimum absolute atomic E-state index is 0.284. The van der Waals surface area contributed by atoms with Crippen molar-refractivity contribution < 1.29 is 4.79 Å². The Labute approximate surface area is 92.0 Å². The van der Waals surface area contributed by atoms with Crippen molar-refractivity contribution in [3.05, 3.63) is 0 Å². The Balaban J connectivity index is 1.67. The molecule has 3 nitrogen and oxygen atoms in total. The van der Waals surface area contributed by atoms with Crippen LogP contribution in [-0.4, -0.2) is 25.0 Å². The lowest BCUT2D eigenvalue weighted by atomic mass is 9.83. The molecule has 1 amide bonds. The molecule has 2 rings (SSSR count). The molecule has 2 fully saturated rings. The molecule has 1 atom stereocenters. The molecular weight excluding hydrogens is 188 g/mol. The van der Waals surface area contributed by atoms with Crippen molar-refractivity contribution in [3.8, 4) is 0 Å². The molecule has 15 heavy (non-hydrogen) atoms. The van der Waals surface area contributed by atoms with Crippen molar-refractivity contribution in [2.24, 2.45) is 5.92 Å². The van der Waals surface area contributed by atoms with E-state index in [1.54, 1.807) is 0 Å². The summed E-state index contributed by atoms with van der Waals surface area (Å²) < 4.78 is 0. The van der Waals surface area contributed by atoms with E-state index < -0.39 is 0 Å². The SMILES string of the molecule is O=C(CC1CCC1)NC1CCCNCC1. The lowest BCUT2D eigenvalue weighted by Gasteiger charge is -2.25. The average molecular weight is 210 g/mol. The number of nitrogens with one attached hydrogen (secondary N) is 2. The summed E-state index contributed by atoms with van der Waals surface area (Å²) in [5.74, 6) is 0.973. The summed E-state index contributed by atoms with van der Waals surface area (Å²) in [6, 6.07) is 0.424. The van der Waals surface area contributed by atoms with Gasteiger partial charge >= 0.3 is 0 Å². The Kier molecular flexibility index (Phi) is 4.01. The largest absolute Gasteiger partial charge is 0.353 e. The Bertz CT molecular complexity index is 206. The van der Waals surface area contributed by atoms with Gasteiger partial charge in [0.1, 0.15) is 0 Å². The minimum Gasteiger partial charge on any atom is -0.353 e. The monoisotopic (exact) mass is 210 g/mol. The first-order valence-electron chi connectivity index (χ1n) is 6.34. The molecule has 0 aromatic heterocycles. The highest BCUT2D eigenvalue weighted by atomic mass is 16.1. The van der Waals surface area contributed by atoms with E-state index in [2.05, 4.69) is 10.6 Å². The fraction of sp³-hybridized carbons (Fsp3) is 0.917. The standard InChI is InChI=1S/C12H22N2O/c15-12(9-10-3-1-4-10)14-11-5-2-7-13-8-6-11/h10-11,13H,1-9H2,(H,14,15). The fourth-order valence-electron chi connectivity index (χ4n) is 2.41. The Hall–Kier alpha value is -0.570. The molecule has 1 unspecified atom stereocenters. The van der Waals surface area contributed by atoms with Gasteiger partial charge in [0.2, 0.25) is 5.91 Å². The van der Waals surface area contributed by atoms with Gasteiger partial charge in [-0.25, -0.2) is 0 Å². The van der Waals surface area contributed by atoms with Crippen LogP contribution in [0.5, 0.6) is 0 Å². The molecule has 0 bridgehead atoms. The van der Waals surface area contributed by atoms with Gasteiger partial charge in [-0.15, -0.1) is 0 Å². The van der Waals surface area contributed by atoms with Crippen LogP contribution in [0.4, 0.5) is 0 Å². The molecule has 0 aromatic rings. The van der Waals surface area contributed by atoms with Gasteiger partial charge in [-0.2, -0.15) is 0 Å². The van der Waals surface area contributed by atoms with Crippen LogP contribution in [0.2, 0.25) is 0 Å². The summed E-state index contributed by atoms with van der Waals surface area (Å²) in [6.07, 6.45) is 8.04. The first-order chi connectivity index (χ1) is 7.34. The number of amides is 1. The zero-order valence-corrected chi connectivity index (χ0v) is 9.43. The summed E-state index contributed by atoms with van der Waals surface area (Å²) in [4.78, 5) is 11.7. The molecule has 2 N–H and O–H groups in total. The number of hydrogen-bond acceptors (Lipinski definition) is 2. The van der Waals surface area contributed by atoms with E-state index in [1.165, 1.54) is 25.7 Å². The molecular formula is C12H22N2O. The molecule has 86 valence electrons. The van der Waals surface area contributed by atoms with Crippen LogP contribution in [0.3, 0.4) is 0 Å². The third-order valence-electron chi connectivity index (χ3n) is 3.64. The summed E-state index contributed by atoms with van der Waals surface area (Å²) in [5, 5.41) is 6.54. The zero-order chi connectivity index (χ0) is 10.5. The number of hydrogen-bond donors (Lipinski definition) is 2. The third kappa shape index (κ3) is 3.49. The third-order valence-corrected chi connectivity index (χ3v) is 3.64. The average Bonchev–Trinajstić information content (AvgIpc) is 2.40. The smallest absolute Gasteiger partial charge is 0.220 e. The minimum atomic E-state index is 0.284. The van der Waals surface area contributed by atoms with E-state index in [1.807, 2.05) is 0 Å². The van der Waals surface area contributed by atoms with Crippen LogP contribution in [0.1, 0.15) is 44.9 Å². The maximum atomic E-state index is 11.7. The highest BCUT2D eigenvalue weighted by molar-refractivity contribution is 5.76. The molecule has 0 spiro atoms. The second-order valence-corrected chi connectivity index (χ2v) is 4.95. The second-order valence-electron chi connectivity index (χ2n) is 4.95. The molecule has 1 heterocycles. The molecule has 2 aliphatic rings. The fourth-order valence-corrected chi connectivity index (χ4v) is 2.41. The molecule has 0 radical (unpaired) electrons. The van der Waals surface area contributed by atoms with Gasteiger partial charge < -0.3 is 10.6 Å². The van der Waals surface area contributed by atoms with Crippen molar-refractivity contribution in [1.29, 1.82) is 0 Å². The van der Waals surface area contributed by atoms with E-state index in [0.717, 1.165) is 32.4 Å². The summed E-state index contributed by atoms with van der Waals surface area (Å²) >= 11 is 0. The lowest BCUT2D eigenvalue weighted by molar-refractivity contribution is -0.123. The van der Waals surface area contributed by atoms with Crippen LogP contribution in [-0.2, 0) is 4.79 Å². The zero-order valence-electron chi connectivity index (χ0n) is 9.43. The first-order valence-corrected chi connectivity index (χ1v) is 6.34. The van der Waals surface area contributed by atoms with E-state index in [0.29, 0.717) is 12.0 Å². The van der Waals surface area contributed by atoms with Crippen molar-refractivity contribution in [1.82, 2.24) is 10.6 Å². The number of carbonyl (C=O) groups excluding carboxylic acids is 1. The van der Waals surface area contributed by atoms with Gasteiger partial charge in [0, 0.05) is 12.5 Å². The van der Waals surface area contributed by atoms with E-state index >= 15 is 0 Å². The van der Waals surface area contributed by atoms with Crippen LogP contribution < -0.4 is 10.6 Å². The number of carbonyl (C=O) groups is 1. The van der Waals surface area contributed by atoms with Crippen LogP contribution in [0.15, 0.2) is 0 Å². The van der Waals surface area contributed by atoms with Crippen molar-refractivity contribution in [2.75, 3.05) is 13.1 Å². The molecule has 1 aliphatic heterocycles. The molecule has 1 saturated heterocycles.